The molecular formula is C30H38FN5O3. The third-order valence-corrected chi connectivity index (χ3v) is 8.36. The number of amides is 3. The number of nitrogens with two attached hydrogens (primary N) is 1. The van der Waals surface area contributed by atoms with E-state index in [-0.39, 0.29) is 35.7 Å². The molecule has 0 bridgehead atoms. The quantitative estimate of drug-likeness (QED) is 0.520. The smallest absolute Gasteiger partial charge is 0.255 e. The van der Waals surface area contributed by atoms with Gasteiger partial charge in [0, 0.05) is 55.3 Å². The van der Waals surface area contributed by atoms with Crippen molar-refractivity contribution in [2.24, 2.45) is 11.7 Å². The minimum absolute atomic E-state index is 0.0831. The Labute approximate surface area is 229 Å². The van der Waals surface area contributed by atoms with Gasteiger partial charge in [0.1, 0.15) is 5.82 Å². The van der Waals surface area contributed by atoms with E-state index in [2.05, 4.69) is 15.5 Å². The zero-order valence-electron chi connectivity index (χ0n) is 22.3. The number of rotatable bonds is 6. The third-order valence-electron chi connectivity index (χ3n) is 8.36. The van der Waals surface area contributed by atoms with Crippen molar-refractivity contribution in [3.8, 4) is 0 Å². The largest absolute Gasteiger partial charge is 0.366 e. The summed E-state index contributed by atoms with van der Waals surface area (Å²) in [5.74, 6) is -0.580. The summed E-state index contributed by atoms with van der Waals surface area (Å²) in [5, 5.41) is 6.06. The molecule has 5 rings (SSSR count). The molecule has 1 aliphatic heterocycles. The maximum atomic E-state index is 13.4. The normalized spacial score (nSPS) is 22.0. The van der Waals surface area contributed by atoms with E-state index in [1.807, 2.05) is 11.0 Å². The van der Waals surface area contributed by atoms with Crippen molar-refractivity contribution in [3.63, 3.8) is 0 Å². The maximum Gasteiger partial charge on any atom is 0.255 e. The van der Waals surface area contributed by atoms with E-state index in [0.717, 1.165) is 57.1 Å². The van der Waals surface area contributed by atoms with Crippen LogP contribution in [-0.2, 0) is 4.79 Å². The molecule has 3 amide bonds. The highest BCUT2D eigenvalue weighted by Crippen LogP contribution is 2.31. The van der Waals surface area contributed by atoms with Gasteiger partial charge < -0.3 is 26.2 Å². The first-order chi connectivity index (χ1) is 18.9. The fourth-order valence-electron chi connectivity index (χ4n) is 5.98. The molecule has 3 fully saturated rings. The molecule has 0 aromatic heterocycles. The molecule has 0 spiro atoms. The summed E-state index contributed by atoms with van der Waals surface area (Å²) in [6.45, 7) is 2.50. The van der Waals surface area contributed by atoms with E-state index in [1.165, 1.54) is 24.3 Å². The SMILES string of the molecule is NC1CCC(NC(=O)c2ccc(N3CCN(C(=O)C4CCCC4)CC3)c(NC(=O)c3ccc(F)cc3)c2)CC1. The van der Waals surface area contributed by atoms with Gasteiger partial charge in [-0.25, -0.2) is 4.39 Å². The first-order valence-corrected chi connectivity index (χ1v) is 14.2. The van der Waals surface area contributed by atoms with Crippen LogP contribution in [0.5, 0.6) is 0 Å². The number of carbonyl (C=O) groups excluding carboxylic acids is 3. The van der Waals surface area contributed by atoms with Gasteiger partial charge in [-0.15, -0.1) is 0 Å². The van der Waals surface area contributed by atoms with Gasteiger partial charge in [-0.1, -0.05) is 12.8 Å². The van der Waals surface area contributed by atoms with Gasteiger partial charge in [0.25, 0.3) is 11.8 Å². The van der Waals surface area contributed by atoms with Crippen molar-refractivity contribution in [2.45, 2.75) is 63.5 Å². The molecule has 1 saturated heterocycles. The molecule has 208 valence electrons. The van der Waals surface area contributed by atoms with Crippen LogP contribution in [0.1, 0.15) is 72.1 Å². The number of benzene rings is 2. The van der Waals surface area contributed by atoms with Gasteiger partial charge in [0.15, 0.2) is 0 Å². The van der Waals surface area contributed by atoms with Crippen LogP contribution in [-0.4, -0.2) is 60.9 Å². The highest BCUT2D eigenvalue weighted by Gasteiger charge is 2.30. The average Bonchev–Trinajstić information content (AvgIpc) is 3.49. The Morgan fingerprint density at radius 1 is 0.795 bits per heavy atom. The lowest BCUT2D eigenvalue weighted by molar-refractivity contribution is -0.135. The van der Waals surface area contributed by atoms with Crippen LogP contribution in [0.25, 0.3) is 0 Å². The number of anilines is 2. The molecule has 4 N–H and O–H groups in total. The number of nitrogens with one attached hydrogen (secondary N) is 2. The van der Waals surface area contributed by atoms with Crippen molar-refractivity contribution in [2.75, 3.05) is 36.4 Å². The molecule has 3 aliphatic rings. The van der Waals surface area contributed by atoms with Crippen molar-refractivity contribution in [1.82, 2.24) is 10.2 Å². The van der Waals surface area contributed by atoms with Gasteiger partial charge in [-0.05, 0) is 81.0 Å². The average molecular weight is 536 g/mol. The minimum Gasteiger partial charge on any atom is -0.366 e. The van der Waals surface area contributed by atoms with Crippen LogP contribution in [0, 0.1) is 11.7 Å². The van der Waals surface area contributed by atoms with E-state index in [0.29, 0.717) is 43.0 Å². The summed E-state index contributed by atoms with van der Waals surface area (Å²) in [5.41, 5.74) is 8.09. The maximum absolute atomic E-state index is 13.4. The topological polar surface area (TPSA) is 108 Å². The molecule has 1 heterocycles. The zero-order chi connectivity index (χ0) is 27.4. The Morgan fingerprint density at radius 2 is 1.44 bits per heavy atom. The lowest BCUT2D eigenvalue weighted by Crippen LogP contribution is -2.50. The Morgan fingerprint density at radius 3 is 2.10 bits per heavy atom. The van der Waals surface area contributed by atoms with Crippen LogP contribution in [0.3, 0.4) is 0 Å². The van der Waals surface area contributed by atoms with Crippen LogP contribution in [0.15, 0.2) is 42.5 Å². The fraction of sp³-hybridized carbons (Fsp3) is 0.500. The summed E-state index contributed by atoms with van der Waals surface area (Å²) in [6, 6.07) is 11.0. The number of carbonyl (C=O) groups is 3. The van der Waals surface area contributed by atoms with Crippen molar-refractivity contribution in [1.29, 1.82) is 0 Å². The highest BCUT2D eigenvalue weighted by atomic mass is 19.1. The predicted molar refractivity (Wildman–Crippen MR) is 149 cm³/mol. The molecule has 39 heavy (non-hydrogen) atoms. The molecule has 2 aromatic rings. The third kappa shape index (κ3) is 6.58. The second-order valence-electron chi connectivity index (χ2n) is 11.1. The Kier molecular flexibility index (Phi) is 8.45. The summed E-state index contributed by atoms with van der Waals surface area (Å²) >= 11 is 0. The molecule has 2 aliphatic carbocycles. The summed E-state index contributed by atoms with van der Waals surface area (Å²) in [4.78, 5) is 43.2. The van der Waals surface area contributed by atoms with Crippen molar-refractivity contribution in [3.05, 3.63) is 59.4 Å². The monoisotopic (exact) mass is 535 g/mol. The van der Waals surface area contributed by atoms with E-state index in [1.54, 1.807) is 12.1 Å². The molecular weight excluding hydrogens is 497 g/mol. The van der Waals surface area contributed by atoms with Gasteiger partial charge in [0.05, 0.1) is 11.4 Å². The van der Waals surface area contributed by atoms with Crippen molar-refractivity contribution < 1.29 is 18.8 Å². The van der Waals surface area contributed by atoms with E-state index >= 15 is 0 Å². The Bertz CT molecular complexity index is 1180. The molecule has 0 radical (unpaired) electrons. The highest BCUT2D eigenvalue weighted by molar-refractivity contribution is 6.07. The van der Waals surface area contributed by atoms with Gasteiger partial charge in [-0.3, -0.25) is 14.4 Å². The molecule has 9 heteroatoms. The Hall–Kier alpha value is -3.46. The lowest BCUT2D eigenvalue weighted by atomic mass is 9.91. The number of halogens is 1. The lowest BCUT2D eigenvalue weighted by Gasteiger charge is -2.38. The van der Waals surface area contributed by atoms with Gasteiger partial charge in [-0.2, -0.15) is 0 Å². The van der Waals surface area contributed by atoms with Crippen LogP contribution in [0.2, 0.25) is 0 Å². The fourth-order valence-corrected chi connectivity index (χ4v) is 5.98. The predicted octanol–water partition coefficient (Wildman–Crippen LogP) is 3.92. The van der Waals surface area contributed by atoms with Crippen molar-refractivity contribution >= 4 is 29.1 Å². The zero-order valence-corrected chi connectivity index (χ0v) is 22.3. The first kappa shape index (κ1) is 27.1. The minimum atomic E-state index is -0.417. The van der Waals surface area contributed by atoms with E-state index in [4.69, 9.17) is 5.73 Å². The first-order valence-electron chi connectivity index (χ1n) is 14.2. The van der Waals surface area contributed by atoms with Gasteiger partial charge >= 0.3 is 0 Å². The van der Waals surface area contributed by atoms with Crippen LogP contribution >= 0.6 is 0 Å². The molecule has 0 atom stereocenters. The van der Waals surface area contributed by atoms with Crippen LogP contribution < -0.4 is 21.3 Å². The molecule has 0 unspecified atom stereocenters. The number of hydrogen-bond acceptors (Lipinski definition) is 5. The summed E-state index contributed by atoms with van der Waals surface area (Å²) in [7, 11) is 0. The standard InChI is InChI=1S/C30H38FN5O3/c31-23-8-5-20(6-9-23)28(37)34-26-19-22(29(38)33-25-12-10-24(32)11-13-25)7-14-27(26)35-15-17-36(18-16-35)30(39)21-3-1-2-4-21/h5-9,14,19,21,24-25H,1-4,10-13,15-18,32H2,(H,33,38)(H,34,37). The molecule has 2 aromatic carbocycles. The Balaban J connectivity index is 1.32. The number of piperazine rings is 1. The second-order valence-corrected chi connectivity index (χ2v) is 11.1. The van der Waals surface area contributed by atoms with Crippen LogP contribution in [0.4, 0.5) is 15.8 Å². The van der Waals surface area contributed by atoms with E-state index < -0.39 is 5.82 Å². The summed E-state index contributed by atoms with van der Waals surface area (Å²) in [6.07, 6.45) is 7.69. The molecule has 8 nitrogen and oxygen atoms in total. The summed E-state index contributed by atoms with van der Waals surface area (Å²) < 4.78 is 13.4. The van der Waals surface area contributed by atoms with Gasteiger partial charge in [0.2, 0.25) is 5.91 Å². The number of hydrogen-bond donors (Lipinski definition) is 3. The van der Waals surface area contributed by atoms with E-state index in [9.17, 15) is 18.8 Å². The number of nitrogens with zero attached hydrogens (tertiary/aromatic N) is 2. The second kappa shape index (κ2) is 12.2. The molecule has 2 saturated carbocycles.